The smallest absolute Gasteiger partial charge is 0.340 e. The topological polar surface area (TPSA) is 35.5 Å². The summed E-state index contributed by atoms with van der Waals surface area (Å²) in [6.45, 7) is 6.13. The third-order valence-corrected chi connectivity index (χ3v) is 2.67. The first-order chi connectivity index (χ1) is 8.54. The fourth-order valence-corrected chi connectivity index (χ4v) is 1.97. The molecule has 3 nitrogen and oxygen atoms in total. The molecule has 0 spiro atoms. The molecular formula is C15H22O3. The van der Waals surface area contributed by atoms with Crippen LogP contribution in [0.2, 0.25) is 0 Å². The van der Waals surface area contributed by atoms with Crippen LogP contribution in [0, 0.1) is 5.92 Å². The molecule has 100 valence electrons. The zero-order valence-electron chi connectivity index (χ0n) is 11.6. The molecule has 1 aromatic rings. The molecule has 18 heavy (non-hydrogen) atoms. The third kappa shape index (κ3) is 4.49. The Kier molecular flexibility index (Phi) is 5.86. The lowest BCUT2D eigenvalue weighted by molar-refractivity contribution is -0.161. The summed E-state index contributed by atoms with van der Waals surface area (Å²) in [5.74, 6) is 0.183. The lowest BCUT2D eigenvalue weighted by atomic mass is 10.1. The molecule has 0 aromatic heterocycles. The van der Waals surface area contributed by atoms with Gasteiger partial charge in [0.2, 0.25) is 0 Å². The van der Waals surface area contributed by atoms with E-state index >= 15 is 0 Å². The molecular weight excluding hydrogens is 228 g/mol. The second-order valence-corrected chi connectivity index (χ2v) is 4.90. The van der Waals surface area contributed by atoms with Gasteiger partial charge >= 0.3 is 5.97 Å². The van der Waals surface area contributed by atoms with Crippen LogP contribution in [0.5, 0.6) is 0 Å². The van der Waals surface area contributed by atoms with Crippen molar-refractivity contribution in [2.24, 2.45) is 5.92 Å². The number of carbonyl (C=O) groups excluding carboxylic acids is 1. The summed E-state index contributed by atoms with van der Waals surface area (Å²) in [4.78, 5) is 12.0. The maximum atomic E-state index is 12.0. The fourth-order valence-electron chi connectivity index (χ4n) is 1.97. The summed E-state index contributed by atoms with van der Waals surface area (Å²) in [5.41, 5.74) is 0.821. The number of hydrogen-bond acceptors (Lipinski definition) is 3. The molecule has 3 heteroatoms. The Hall–Kier alpha value is -1.35. The molecule has 0 fully saturated rings. The van der Waals surface area contributed by atoms with Gasteiger partial charge < -0.3 is 9.47 Å². The zero-order valence-corrected chi connectivity index (χ0v) is 11.6. The molecule has 0 radical (unpaired) electrons. The largest absolute Gasteiger partial charge is 0.460 e. The minimum atomic E-state index is -0.638. The van der Waals surface area contributed by atoms with Crippen molar-refractivity contribution >= 4 is 5.97 Å². The van der Waals surface area contributed by atoms with Gasteiger partial charge in [-0.3, -0.25) is 0 Å². The molecule has 0 bridgehead atoms. The molecule has 0 saturated carbocycles. The Balaban J connectivity index is 2.63. The van der Waals surface area contributed by atoms with Crippen LogP contribution < -0.4 is 0 Å². The molecule has 1 rings (SSSR count). The normalized spacial score (nSPS) is 14.3. The summed E-state index contributed by atoms with van der Waals surface area (Å²) in [7, 11) is 1.52. The highest BCUT2D eigenvalue weighted by Crippen LogP contribution is 2.19. The van der Waals surface area contributed by atoms with Gasteiger partial charge in [-0.15, -0.1) is 0 Å². The van der Waals surface area contributed by atoms with Gasteiger partial charge in [-0.1, -0.05) is 44.2 Å². The number of rotatable bonds is 6. The van der Waals surface area contributed by atoms with E-state index in [9.17, 15) is 4.79 Å². The van der Waals surface area contributed by atoms with Crippen molar-refractivity contribution < 1.29 is 14.3 Å². The van der Waals surface area contributed by atoms with E-state index in [0.29, 0.717) is 5.92 Å². The Morgan fingerprint density at radius 3 is 2.28 bits per heavy atom. The minimum Gasteiger partial charge on any atom is -0.460 e. The predicted molar refractivity (Wildman–Crippen MR) is 71.2 cm³/mol. The average molecular weight is 250 g/mol. The van der Waals surface area contributed by atoms with Gasteiger partial charge in [0.05, 0.1) is 6.10 Å². The van der Waals surface area contributed by atoms with E-state index < -0.39 is 6.10 Å². The van der Waals surface area contributed by atoms with Crippen LogP contribution >= 0.6 is 0 Å². The highest BCUT2D eigenvalue weighted by atomic mass is 16.6. The SMILES string of the molecule is CO[C@H](C(=O)O[C@H](C)CC(C)C)c1ccccc1. The molecule has 1 aromatic carbocycles. The van der Waals surface area contributed by atoms with Gasteiger partial charge in [0, 0.05) is 7.11 Å². The molecule has 2 atom stereocenters. The maximum absolute atomic E-state index is 12.0. The van der Waals surface area contributed by atoms with Crippen molar-refractivity contribution in [2.75, 3.05) is 7.11 Å². The number of hydrogen-bond donors (Lipinski definition) is 0. The molecule has 0 aliphatic carbocycles. The van der Waals surface area contributed by atoms with Crippen LogP contribution in [-0.4, -0.2) is 19.2 Å². The first kappa shape index (κ1) is 14.7. The van der Waals surface area contributed by atoms with Crippen molar-refractivity contribution in [2.45, 2.75) is 39.4 Å². The molecule has 0 N–H and O–H groups in total. The van der Waals surface area contributed by atoms with E-state index in [0.717, 1.165) is 12.0 Å². The van der Waals surface area contributed by atoms with E-state index in [1.807, 2.05) is 37.3 Å². The van der Waals surface area contributed by atoms with Crippen molar-refractivity contribution in [1.82, 2.24) is 0 Å². The molecule has 0 amide bonds. The minimum absolute atomic E-state index is 0.0844. The quantitative estimate of drug-likeness (QED) is 0.726. The number of ether oxygens (including phenoxy) is 2. The van der Waals surface area contributed by atoms with Gasteiger partial charge in [0.1, 0.15) is 0 Å². The van der Waals surface area contributed by atoms with Gasteiger partial charge in [0.15, 0.2) is 6.10 Å². The Labute approximate surface area is 109 Å². The highest BCUT2D eigenvalue weighted by molar-refractivity contribution is 5.76. The van der Waals surface area contributed by atoms with Crippen LogP contribution in [0.15, 0.2) is 30.3 Å². The van der Waals surface area contributed by atoms with Gasteiger partial charge in [-0.05, 0) is 24.8 Å². The molecule has 0 aliphatic heterocycles. The van der Waals surface area contributed by atoms with Crippen molar-refractivity contribution in [3.63, 3.8) is 0 Å². The summed E-state index contributed by atoms with van der Waals surface area (Å²) in [6.07, 6.45) is 0.136. The van der Waals surface area contributed by atoms with Gasteiger partial charge in [-0.2, -0.15) is 0 Å². The second-order valence-electron chi connectivity index (χ2n) is 4.90. The van der Waals surface area contributed by atoms with Crippen molar-refractivity contribution in [1.29, 1.82) is 0 Å². The average Bonchev–Trinajstić information content (AvgIpc) is 2.29. The zero-order chi connectivity index (χ0) is 13.5. The summed E-state index contributed by atoms with van der Waals surface area (Å²) < 4.78 is 10.6. The first-order valence-corrected chi connectivity index (χ1v) is 6.32. The second kappa shape index (κ2) is 7.17. The summed E-state index contributed by atoms with van der Waals surface area (Å²) in [5, 5.41) is 0. The van der Waals surface area contributed by atoms with Crippen LogP contribution in [0.3, 0.4) is 0 Å². The van der Waals surface area contributed by atoms with Crippen molar-refractivity contribution in [3.05, 3.63) is 35.9 Å². The molecule has 0 unspecified atom stereocenters. The van der Waals surface area contributed by atoms with E-state index in [1.54, 1.807) is 0 Å². The number of methoxy groups -OCH3 is 1. The van der Waals surface area contributed by atoms with Crippen LogP contribution in [-0.2, 0) is 14.3 Å². The van der Waals surface area contributed by atoms with Crippen LogP contribution in [0.25, 0.3) is 0 Å². The molecule has 0 heterocycles. The maximum Gasteiger partial charge on any atom is 0.340 e. The van der Waals surface area contributed by atoms with Gasteiger partial charge in [0.25, 0.3) is 0 Å². The first-order valence-electron chi connectivity index (χ1n) is 6.32. The Morgan fingerprint density at radius 1 is 1.17 bits per heavy atom. The fraction of sp³-hybridized carbons (Fsp3) is 0.533. The third-order valence-electron chi connectivity index (χ3n) is 2.67. The van der Waals surface area contributed by atoms with E-state index in [-0.39, 0.29) is 12.1 Å². The molecule has 0 saturated heterocycles. The lowest BCUT2D eigenvalue weighted by Gasteiger charge is -2.19. The highest BCUT2D eigenvalue weighted by Gasteiger charge is 2.23. The van der Waals surface area contributed by atoms with Crippen LogP contribution in [0.4, 0.5) is 0 Å². The standard InChI is InChI=1S/C15H22O3/c1-11(2)10-12(3)18-15(16)14(17-4)13-8-6-5-7-9-13/h5-9,11-12,14H,10H2,1-4H3/t12-,14+/m1/s1. The van der Waals surface area contributed by atoms with Crippen molar-refractivity contribution in [3.8, 4) is 0 Å². The monoisotopic (exact) mass is 250 g/mol. The van der Waals surface area contributed by atoms with Crippen LogP contribution in [0.1, 0.15) is 38.9 Å². The van der Waals surface area contributed by atoms with E-state index in [2.05, 4.69) is 13.8 Å². The Bertz CT molecular complexity index is 359. The van der Waals surface area contributed by atoms with Gasteiger partial charge in [-0.25, -0.2) is 4.79 Å². The van der Waals surface area contributed by atoms with E-state index in [1.165, 1.54) is 7.11 Å². The number of carbonyl (C=O) groups is 1. The summed E-state index contributed by atoms with van der Waals surface area (Å²) in [6, 6.07) is 9.40. The molecule has 0 aliphatic rings. The van der Waals surface area contributed by atoms with E-state index in [4.69, 9.17) is 9.47 Å². The number of benzene rings is 1. The Morgan fingerprint density at radius 2 is 1.78 bits per heavy atom. The summed E-state index contributed by atoms with van der Waals surface area (Å²) >= 11 is 0. The lowest BCUT2D eigenvalue weighted by Crippen LogP contribution is -2.23. The number of esters is 1. The predicted octanol–water partition coefficient (Wildman–Crippen LogP) is 3.35.